The monoisotopic (exact) mass is 457 g/mol. The highest BCUT2D eigenvalue weighted by Gasteiger charge is 2.58. The number of hydrogen-bond donors (Lipinski definition) is 1. The number of ether oxygens (including phenoxy) is 1. The van der Waals surface area contributed by atoms with Crippen LogP contribution in [-0.4, -0.2) is 46.5 Å². The van der Waals surface area contributed by atoms with Crippen molar-refractivity contribution < 1.29 is 14.3 Å². The molecule has 1 saturated heterocycles. The van der Waals surface area contributed by atoms with Gasteiger partial charge in [0.05, 0.1) is 12.2 Å². The van der Waals surface area contributed by atoms with Crippen molar-refractivity contribution in [2.45, 2.75) is 12.6 Å². The summed E-state index contributed by atoms with van der Waals surface area (Å²) >= 11 is 5.87. The molecule has 0 radical (unpaired) electrons. The molecule has 2 aliphatic rings. The van der Waals surface area contributed by atoms with Crippen LogP contribution in [0.1, 0.15) is 38.8 Å². The van der Waals surface area contributed by atoms with Gasteiger partial charge in [0.15, 0.2) is 10.8 Å². The number of rotatable bonds is 4. The maximum Gasteiger partial charge on any atom is 0.338 e. The number of thiocarbonyl (C=S) groups is 1. The molecule has 0 unspecified atom stereocenters. The number of hydrogen-bond acceptors (Lipinski definition) is 4. The average Bonchev–Trinajstić information content (AvgIpc) is 3.36. The Balaban J connectivity index is 1.51. The first-order chi connectivity index (χ1) is 16.1. The zero-order valence-electron chi connectivity index (χ0n) is 18.2. The first-order valence-corrected chi connectivity index (χ1v) is 11.3. The molecule has 0 aromatic heterocycles. The van der Waals surface area contributed by atoms with Crippen LogP contribution < -0.4 is 5.32 Å². The number of carbonyl (C=O) groups is 2. The van der Waals surface area contributed by atoms with Gasteiger partial charge in [-0.2, -0.15) is 0 Å². The Kier molecular flexibility index (Phi) is 5.34. The molecule has 3 aromatic rings. The van der Waals surface area contributed by atoms with Crippen molar-refractivity contribution in [1.29, 1.82) is 0 Å². The van der Waals surface area contributed by atoms with E-state index in [-0.39, 0.29) is 11.9 Å². The summed E-state index contributed by atoms with van der Waals surface area (Å²) in [5.74, 6) is -0.343. The molecular formula is C26H23N3O3S. The SMILES string of the molecule is CCOC(=O)c1ccc(NC(=S)N2CCN3C(=O)c4ccccc4[C@@]32c2ccccc2)cc1. The normalized spacial score (nSPS) is 18.6. The molecule has 0 spiro atoms. The van der Waals surface area contributed by atoms with Gasteiger partial charge in [-0.05, 0) is 49.5 Å². The van der Waals surface area contributed by atoms with Crippen LogP contribution in [0.2, 0.25) is 0 Å². The lowest BCUT2D eigenvalue weighted by atomic mass is 9.90. The molecule has 1 N–H and O–H groups in total. The zero-order valence-corrected chi connectivity index (χ0v) is 19.0. The molecule has 33 heavy (non-hydrogen) atoms. The second-order valence-electron chi connectivity index (χ2n) is 7.92. The summed E-state index contributed by atoms with van der Waals surface area (Å²) in [4.78, 5) is 29.3. The summed E-state index contributed by atoms with van der Waals surface area (Å²) < 4.78 is 5.05. The van der Waals surface area contributed by atoms with Crippen LogP contribution in [0.4, 0.5) is 5.69 Å². The third kappa shape index (κ3) is 3.27. The Bertz CT molecular complexity index is 1230. The highest BCUT2D eigenvalue weighted by atomic mass is 32.1. The van der Waals surface area contributed by atoms with Gasteiger partial charge in [0.1, 0.15) is 0 Å². The highest BCUT2D eigenvalue weighted by Crippen LogP contribution is 2.49. The number of benzene rings is 3. The second kappa shape index (κ2) is 8.33. The molecule has 2 aliphatic heterocycles. The van der Waals surface area contributed by atoms with Gasteiger partial charge in [0.2, 0.25) is 0 Å². The van der Waals surface area contributed by atoms with Crippen LogP contribution in [0.3, 0.4) is 0 Å². The van der Waals surface area contributed by atoms with Crippen LogP contribution >= 0.6 is 12.2 Å². The Labute approximate surface area is 197 Å². The van der Waals surface area contributed by atoms with Crippen molar-refractivity contribution in [2.24, 2.45) is 0 Å². The molecular weight excluding hydrogens is 434 g/mol. The van der Waals surface area contributed by atoms with Gasteiger partial charge >= 0.3 is 5.97 Å². The van der Waals surface area contributed by atoms with Crippen LogP contribution in [0, 0.1) is 0 Å². The fraction of sp³-hybridized carbons (Fsp3) is 0.192. The highest BCUT2D eigenvalue weighted by molar-refractivity contribution is 7.80. The summed E-state index contributed by atoms with van der Waals surface area (Å²) in [6.07, 6.45) is 0. The maximum absolute atomic E-state index is 13.3. The number of anilines is 1. The first-order valence-electron chi connectivity index (χ1n) is 10.9. The van der Waals surface area contributed by atoms with E-state index in [9.17, 15) is 9.59 Å². The molecule has 0 aliphatic carbocycles. The Morgan fingerprint density at radius 2 is 1.70 bits per heavy atom. The smallest absolute Gasteiger partial charge is 0.338 e. The van der Waals surface area contributed by atoms with E-state index in [2.05, 4.69) is 10.2 Å². The Morgan fingerprint density at radius 1 is 1.00 bits per heavy atom. The summed E-state index contributed by atoms with van der Waals surface area (Å²) in [5, 5.41) is 3.81. The topological polar surface area (TPSA) is 61.9 Å². The van der Waals surface area contributed by atoms with Crippen LogP contribution in [0.25, 0.3) is 0 Å². The molecule has 1 amide bonds. The van der Waals surface area contributed by atoms with E-state index in [1.807, 2.05) is 59.5 Å². The molecule has 6 nitrogen and oxygen atoms in total. The number of esters is 1. The fourth-order valence-corrected chi connectivity index (χ4v) is 5.15. The number of carbonyl (C=O) groups excluding carboxylic acids is 2. The molecule has 5 rings (SSSR count). The van der Waals surface area contributed by atoms with Gasteiger partial charge in [-0.3, -0.25) is 4.79 Å². The molecule has 7 heteroatoms. The van der Waals surface area contributed by atoms with Crippen LogP contribution in [0.5, 0.6) is 0 Å². The second-order valence-corrected chi connectivity index (χ2v) is 8.31. The third-order valence-electron chi connectivity index (χ3n) is 6.18. The Morgan fingerprint density at radius 3 is 2.42 bits per heavy atom. The zero-order chi connectivity index (χ0) is 23.0. The largest absolute Gasteiger partial charge is 0.462 e. The van der Waals surface area contributed by atoms with E-state index >= 15 is 0 Å². The van der Waals surface area contributed by atoms with Crippen molar-refractivity contribution in [3.05, 3.63) is 101 Å². The van der Waals surface area contributed by atoms with Gasteiger partial charge in [-0.1, -0.05) is 48.5 Å². The van der Waals surface area contributed by atoms with E-state index < -0.39 is 5.66 Å². The quantitative estimate of drug-likeness (QED) is 0.467. The number of nitrogens with zero attached hydrogens (tertiary/aromatic N) is 2. The molecule has 1 atom stereocenters. The summed E-state index contributed by atoms with van der Waals surface area (Å²) in [6, 6.07) is 24.8. The predicted molar refractivity (Wildman–Crippen MR) is 130 cm³/mol. The summed E-state index contributed by atoms with van der Waals surface area (Å²) in [5.41, 5.74) is 3.06. The van der Waals surface area contributed by atoms with E-state index in [4.69, 9.17) is 17.0 Å². The van der Waals surface area contributed by atoms with E-state index in [1.165, 1.54) is 0 Å². The Hall–Kier alpha value is -3.71. The van der Waals surface area contributed by atoms with Gasteiger partial charge in [0, 0.05) is 35.5 Å². The van der Waals surface area contributed by atoms with Gasteiger partial charge in [-0.15, -0.1) is 0 Å². The minimum absolute atomic E-state index is 0.0125. The molecule has 3 aromatic carbocycles. The first kappa shape index (κ1) is 21.2. The summed E-state index contributed by atoms with van der Waals surface area (Å²) in [7, 11) is 0. The lowest BCUT2D eigenvalue weighted by molar-refractivity contribution is 0.0525. The van der Waals surface area contributed by atoms with E-state index in [1.54, 1.807) is 31.2 Å². The van der Waals surface area contributed by atoms with Gasteiger partial charge in [-0.25, -0.2) is 4.79 Å². The minimum Gasteiger partial charge on any atom is -0.462 e. The van der Waals surface area contributed by atoms with Gasteiger partial charge < -0.3 is 19.9 Å². The van der Waals surface area contributed by atoms with Crippen molar-refractivity contribution in [1.82, 2.24) is 9.80 Å². The van der Waals surface area contributed by atoms with Gasteiger partial charge in [0.25, 0.3) is 5.91 Å². The third-order valence-corrected chi connectivity index (χ3v) is 6.50. The number of nitrogens with one attached hydrogen (secondary N) is 1. The van der Waals surface area contributed by atoms with Crippen molar-refractivity contribution in [3.63, 3.8) is 0 Å². The molecule has 166 valence electrons. The molecule has 2 heterocycles. The predicted octanol–water partition coefficient (Wildman–Crippen LogP) is 4.23. The number of amides is 1. The van der Waals surface area contributed by atoms with Crippen LogP contribution in [0.15, 0.2) is 78.9 Å². The van der Waals surface area contributed by atoms with Crippen LogP contribution in [-0.2, 0) is 10.4 Å². The van der Waals surface area contributed by atoms with E-state index in [0.717, 1.165) is 16.8 Å². The molecule has 1 fully saturated rings. The maximum atomic E-state index is 13.3. The lowest BCUT2D eigenvalue weighted by Crippen LogP contribution is -2.52. The van der Waals surface area contributed by atoms with Crippen molar-refractivity contribution in [3.8, 4) is 0 Å². The summed E-state index contributed by atoms with van der Waals surface area (Å²) in [6.45, 7) is 3.27. The average molecular weight is 458 g/mol. The minimum atomic E-state index is -0.802. The standard InChI is InChI=1S/C26H23N3O3S/c1-2-32-24(31)18-12-14-20(15-13-18)27-25(33)29-17-16-28-23(30)21-10-6-7-11-22(21)26(28,29)19-8-4-3-5-9-19/h3-15H,2,16-17H2,1H3,(H,27,33)/t26-/m0/s1. The van der Waals surface area contributed by atoms with Crippen molar-refractivity contribution in [2.75, 3.05) is 25.0 Å². The fourth-order valence-electron chi connectivity index (χ4n) is 4.81. The molecule has 0 saturated carbocycles. The van der Waals surface area contributed by atoms with E-state index in [0.29, 0.717) is 35.9 Å². The lowest BCUT2D eigenvalue weighted by Gasteiger charge is -2.41. The number of fused-ring (bicyclic) bond motifs is 3. The molecule has 0 bridgehead atoms. The van der Waals surface area contributed by atoms with Crippen molar-refractivity contribution >= 4 is 34.9 Å².